The summed E-state index contributed by atoms with van der Waals surface area (Å²) in [6.07, 6.45) is 3.32. The number of carbonyl (C=O) groups is 1. The molecule has 0 atom stereocenters. The summed E-state index contributed by atoms with van der Waals surface area (Å²) in [6.45, 7) is 1.99. The fourth-order valence-corrected chi connectivity index (χ4v) is 1.35. The van der Waals surface area contributed by atoms with E-state index in [9.17, 15) is 4.79 Å². The highest BCUT2D eigenvalue weighted by Crippen LogP contribution is 2.20. The molecule has 0 amide bonds. The minimum Gasteiger partial charge on any atom is -0.496 e. The summed E-state index contributed by atoms with van der Waals surface area (Å²) in [4.78, 5) is 10.3. The second-order valence-corrected chi connectivity index (χ2v) is 3.26. The van der Waals surface area contributed by atoms with Gasteiger partial charge in [0.15, 0.2) is 0 Å². The van der Waals surface area contributed by atoms with Crippen LogP contribution in [0.4, 0.5) is 0 Å². The molecule has 0 radical (unpaired) electrons. The third-order valence-corrected chi connectivity index (χ3v) is 2.03. The van der Waals surface area contributed by atoms with Crippen LogP contribution in [0.1, 0.15) is 11.1 Å². The zero-order valence-corrected chi connectivity index (χ0v) is 8.86. The van der Waals surface area contributed by atoms with Crippen molar-refractivity contribution in [2.75, 3.05) is 7.11 Å². The van der Waals surface area contributed by atoms with Crippen LogP contribution in [0, 0.1) is 6.92 Å². The number of carboxylic acids is 1. The average Bonchev–Trinajstić information content (AvgIpc) is 2.17. The van der Waals surface area contributed by atoms with Crippen molar-refractivity contribution in [1.29, 1.82) is 0 Å². The Hall–Kier alpha value is -1.77. The molecule has 1 aromatic rings. The van der Waals surface area contributed by atoms with E-state index in [1.807, 2.05) is 25.1 Å². The van der Waals surface area contributed by atoms with Gasteiger partial charge in [0.25, 0.3) is 0 Å². The van der Waals surface area contributed by atoms with Crippen LogP contribution in [0.3, 0.4) is 0 Å². The van der Waals surface area contributed by atoms with E-state index in [2.05, 4.69) is 0 Å². The van der Waals surface area contributed by atoms with Crippen LogP contribution in [0.15, 0.2) is 30.4 Å². The molecule has 1 N–H and O–H groups in total. The number of hydrogen-bond donors (Lipinski definition) is 1. The Bertz CT molecular complexity index is 380. The Morgan fingerprint density at radius 3 is 2.87 bits per heavy atom. The van der Waals surface area contributed by atoms with Crippen molar-refractivity contribution in [2.45, 2.75) is 13.3 Å². The summed E-state index contributed by atoms with van der Waals surface area (Å²) in [5.41, 5.74) is 2.13. The Balaban J connectivity index is 2.82. The number of aliphatic carboxylic acids is 1. The minimum atomic E-state index is -0.929. The lowest BCUT2D eigenvalue weighted by Crippen LogP contribution is -1.92. The maximum Gasteiger partial charge on any atom is 0.327 e. The van der Waals surface area contributed by atoms with Crippen LogP contribution in [-0.2, 0) is 11.2 Å². The fourth-order valence-electron chi connectivity index (χ4n) is 1.35. The van der Waals surface area contributed by atoms with Gasteiger partial charge in [-0.05, 0) is 25.0 Å². The number of ether oxygens (including phenoxy) is 1. The fraction of sp³-hybridized carbons (Fsp3) is 0.250. The van der Waals surface area contributed by atoms with Gasteiger partial charge in [-0.25, -0.2) is 4.79 Å². The number of hydrogen-bond acceptors (Lipinski definition) is 2. The van der Waals surface area contributed by atoms with Gasteiger partial charge in [-0.2, -0.15) is 0 Å². The lowest BCUT2D eigenvalue weighted by Gasteiger charge is -2.06. The molecule has 3 heteroatoms. The van der Waals surface area contributed by atoms with Crippen molar-refractivity contribution in [3.8, 4) is 5.75 Å². The molecule has 0 aliphatic rings. The monoisotopic (exact) mass is 206 g/mol. The quantitative estimate of drug-likeness (QED) is 0.768. The molecule has 80 valence electrons. The molecule has 3 nitrogen and oxygen atoms in total. The van der Waals surface area contributed by atoms with Gasteiger partial charge < -0.3 is 9.84 Å². The van der Waals surface area contributed by atoms with Crippen LogP contribution in [0.2, 0.25) is 0 Å². The van der Waals surface area contributed by atoms with Gasteiger partial charge in [0.05, 0.1) is 7.11 Å². The molecule has 0 aliphatic heterocycles. The topological polar surface area (TPSA) is 46.5 Å². The van der Waals surface area contributed by atoms with Crippen molar-refractivity contribution in [3.05, 3.63) is 41.5 Å². The van der Waals surface area contributed by atoms with Gasteiger partial charge in [-0.3, -0.25) is 0 Å². The first-order chi connectivity index (χ1) is 7.13. The summed E-state index contributed by atoms with van der Waals surface area (Å²) < 4.78 is 5.18. The molecule has 0 aromatic heterocycles. The second-order valence-electron chi connectivity index (χ2n) is 3.26. The molecule has 0 spiro atoms. The van der Waals surface area contributed by atoms with Crippen LogP contribution >= 0.6 is 0 Å². The first-order valence-electron chi connectivity index (χ1n) is 4.66. The molecule has 0 aliphatic carbocycles. The second kappa shape index (κ2) is 5.20. The van der Waals surface area contributed by atoms with E-state index >= 15 is 0 Å². The SMILES string of the molecule is COc1ccc(C)cc1C/C=C/C(=O)O. The summed E-state index contributed by atoms with van der Waals surface area (Å²) in [7, 11) is 1.61. The summed E-state index contributed by atoms with van der Waals surface area (Å²) in [6, 6.07) is 5.84. The van der Waals surface area contributed by atoms with E-state index in [-0.39, 0.29) is 0 Å². The van der Waals surface area contributed by atoms with E-state index < -0.39 is 5.97 Å². The highest BCUT2D eigenvalue weighted by atomic mass is 16.5. The number of rotatable bonds is 4. The number of carboxylic acid groups (broad SMARTS) is 1. The Morgan fingerprint density at radius 2 is 2.27 bits per heavy atom. The standard InChI is InChI=1S/C12H14O3/c1-9-6-7-11(15-2)10(8-9)4-3-5-12(13)14/h3,5-8H,4H2,1-2H3,(H,13,14)/b5-3+. The molecule has 15 heavy (non-hydrogen) atoms. The maximum atomic E-state index is 10.3. The number of allylic oxidation sites excluding steroid dienone is 1. The van der Waals surface area contributed by atoms with Gasteiger partial charge in [0, 0.05) is 6.08 Å². The van der Waals surface area contributed by atoms with Gasteiger partial charge in [-0.1, -0.05) is 23.8 Å². The zero-order chi connectivity index (χ0) is 11.3. The molecule has 0 unspecified atom stereocenters. The molecule has 0 heterocycles. The molecular formula is C12H14O3. The van der Waals surface area contributed by atoms with E-state index in [4.69, 9.17) is 9.84 Å². The third kappa shape index (κ3) is 3.46. The van der Waals surface area contributed by atoms with Gasteiger partial charge in [0.2, 0.25) is 0 Å². The third-order valence-electron chi connectivity index (χ3n) is 2.03. The summed E-state index contributed by atoms with van der Waals surface area (Å²) in [5, 5.41) is 8.45. The number of aryl methyl sites for hydroxylation is 1. The van der Waals surface area contributed by atoms with Crippen molar-refractivity contribution >= 4 is 5.97 Å². The first kappa shape index (κ1) is 11.3. The predicted molar refractivity (Wildman–Crippen MR) is 58.2 cm³/mol. The van der Waals surface area contributed by atoms with E-state index in [0.717, 1.165) is 23.0 Å². The Morgan fingerprint density at radius 1 is 1.53 bits per heavy atom. The molecule has 0 bridgehead atoms. The van der Waals surface area contributed by atoms with E-state index in [1.54, 1.807) is 13.2 Å². The van der Waals surface area contributed by atoms with Crippen molar-refractivity contribution in [3.63, 3.8) is 0 Å². The van der Waals surface area contributed by atoms with E-state index in [1.165, 1.54) is 0 Å². The summed E-state index contributed by atoms with van der Waals surface area (Å²) in [5.74, 6) is -0.141. The molecule has 0 fully saturated rings. The van der Waals surface area contributed by atoms with Gasteiger partial charge >= 0.3 is 5.97 Å². The smallest absolute Gasteiger partial charge is 0.327 e. The highest BCUT2D eigenvalue weighted by Gasteiger charge is 2.00. The minimum absolute atomic E-state index is 0.567. The van der Waals surface area contributed by atoms with Gasteiger partial charge in [0.1, 0.15) is 5.75 Å². The Labute approximate surface area is 89.0 Å². The van der Waals surface area contributed by atoms with Crippen molar-refractivity contribution < 1.29 is 14.6 Å². The molecule has 1 rings (SSSR count). The van der Waals surface area contributed by atoms with E-state index in [0.29, 0.717) is 6.42 Å². The van der Waals surface area contributed by atoms with Crippen molar-refractivity contribution in [1.82, 2.24) is 0 Å². The number of benzene rings is 1. The molecule has 1 aromatic carbocycles. The first-order valence-corrected chi connectivity index (χ1v) is 4.66. The zero-order valence-electron chi connectivity index (χ0n) is 8.86. The van der Waals surface area contributed by atoms with Crippen LogP contribution in [-0.4, -0.2) is 18.2 Å². The lowest BCUT2D eigenvalue weighted by molar-refractivity contribution is -0.131. The highest BCUT2D eigenvalue weighted by molar-refractivity contribution is 5.79. The van der Waals surface area contributed by atoms with Crippen LogP contribution in [0.5, 0.6) is 5.75 Å². The Kier molecular flexibility index (Phi) is 3.92. The maximum absolute atomic E-state index is 10.3. The van der Waals surface area contributed by atoms with Crippen LogP contribution in [0.25, 0.3) is 0 Å². The van der Waals surface area contributed by atoms with Crippen molar-refractivity contribution in [2.24, 2.45) is 0 Å². The average molecular weight is 206 g/mol. The molecule has 0 saturated carbocycles. The van der Waals surface area contributed by atoms with Crippen LogP contribution < -0.4 is 4.74 Å². The lowest BCUT2D eigenvalue weighted by atomic mass is 10.1. The molecular weight excluding hydrogens is 192 g/mol. The molecule has 0 saturated heterocycles. The largest absolute Gasteiger partial charge is 0.496 e. The summed E-state index contributed by atoms with van der Waals surface area (Å²) >= 11 is 0. The number of methoxy groups -OCH3 is 1. The normalized spacial score (nSPS) is 10.5. The predicted octanol–water partition coefficient (Wildman–Crippen LogP) is 2.19. The van der Waals surface area contributed by atoms with Gasteiger partial charge in [-0.15, -0.1) is 0 Å².